The average Bonchev–Trinajstić information content (AvgIpc) is 2.47. The molecule has 2 aromatic rings. The highest BCUT2D eigenvalue weighted by molar-refractivity contribution is 6.31. The van der Waals surface area contributed by atoms with Gasteiger partial charge in [-0.2, -0.15) is 0 Å². The van der Waals surface area contributed by atoms with Crippen molar-refractivity contribution in [1.29, 1.82) is 0 Å². The van der Waals surface area contributed by atoms with E-state index in [0.717, 1.165) is 0 Å². The number of methoxy groups -OCH3 is 2. The largest absolute Gasteiger partial charge is 0.495 e. The van der Waals surface area contributed by atoms with Crippen LogP contribution in [0.5, 0.6) is 5.75 Å². The van der Waals surface area contributed by atoms with Gasteiger partial charge in [-0.05, 0) is 18.2 Å². The van der Waals surface area contributed by atoms with Crippen LogP contribution in [-0.4, -0.2) is 24.2 Å². The van der Waals surface area contributed by atoms with Gasteiger partial charge >= 0.3 is 0 Å². The van der Waals surface area contributed by atoms with Crippen LogP contribution >= 0.6 is 11.6 Å². The number of hydrogen-bond donors (Lipinski definition) is 3. The van der Waals surface area contributed by atoms with E-state index in [4.69, 9.17) is 26.9 Å². The van der Waals surface area contributed by atoms with Gasteiger partial charge in [0.05, 0.1) is 12.8 Å². The lowest BCUT2D eigenvalue weighted by atomic mass is 10.3. The maximum absolute atomic E-state index is 6.00. The molecule has 0 bridgehead atoms. The molecule has 7 nitrogen and oxygen atoms in total. The van der Waals surface area contributed by atoms with Crippen molar-refractivity contribution in [3.63, 3.8) is 0 Å². The molecule has 0 radical (unpaired) electrons. The fourth-order valence-corrected chi connectivity index (χ4v) is 1.92. The molecule has 0 fully saturated rings. The molecule has 1 aromatic carbocycles. The Labute approximate surface area is 127 Å². The van der Waals surface area contributed by atoms with Gasteiger partial charge in [0.15, 0.2) is 5.82 Å². The van der Waals surface area contributed by atoms with Gasteiger partial charge in [-0.15, -0.1) is 0 Å². The van der Waals surface area contributed by atoms with Gasteiger partial charge in [-0.3, -0.25) is 0 Å². The van der Waals surface area contributed by atoms with E-state index in [9.17, 15) is 0 Å². The van der Waals surface area contributed by atoms with Crippen LogP contribution in [0.3, 0.4) is 0 Å². The first kappa shape index (κ1) is 15.3. The minimum absolute atomic E-state index is 0.275. The van der Waals surface area contributed by atoms with Gasteiger partial charge in [-0.25, -0.2) is 15.8 Å². The fraction of sp³-hybridized carbons (Fsp3) is 0.231. The number of nitrogens with zero attached hydrogens (tertiary/aromatic N) is 2. The molecule has 0 spiro atoms. The SMILES string of the molecule is COCc1nc(NN)cc(Nc2cc(Cl)ccc2OC)n1. The Morgan fingerprint density at radius 1 is 1.19 bits per heavy atom. The summed E-state index contributed by atoms with van der Waals surface area (Å²) in [6.07, 6.45) is 0. The highest BCUT2D eigenvalue weighted by Crippen LogP contribution is 2.30. The summed E-state index contributed by atoms with van der Waals surface area (Å²) in [5.41, 5.74) is 3.18. The van der Waals surface area contributed by atoms with E-state index in [1.54, 1.807) is 38.5 Å². The first-order chi connectivity index (χ1) is 10.2. The number of nitrogens with one attached hydrogen (secondary N) is 2. The lowest BCUT2D eigenvalue weighted by Crippen LogP contribution is -2.12. The van der Waals surface area contributed by atoms with Crippen molar-refractivity contribution in [3.8, 4) is 5.75 Å². The summed E-state index contributed by atoms with van der Waals surface area (Å²) >= 11 is 6.00. The molecule has 4 N–H and O–H groups in total. The van der Waals surface area contributed by atoms with Crippen molar-refractivity contribution >= 4 is 28.9 Å². The summed E-state index contributed by atoms with van der Waals surface area (Å²) in [6.45, 7) is 0.275. The van der Waals surface area contributed by atoms with Crippen LogP contribution in [0.1, 0.15) is 5.82 Å². The Balaban J connectivity index is 2.34. The predicted octanol–water partition coefficient (Wildman–Crippen LogP) is 2.31. The van der Waals surface area contributed by atoms with Crippen LogP contribution in [0.2, 0.25) is 5.02 Å². The number of anilines is 3. The number of ether oxygens (including phenoxy) is 2. The molecular formula is C13H16ClN5O2. The summed E-state index contributed by atoms with van der Waals surface area (Å²) in [5, 5.41) is 3.71. The number of rotatable bonds is 6. The van der Waals surface area contributed by atoms with Crippen LogP contribution in [0.4, 0.5) is 17.3 Å². The van der Waals surface area contributed by atoms with Crippen LogP contribution in [0.25, 0.3) is 0 Å². The molecule has 0 amide bonds. The van der Waals surface area contributed by atoms with Gasteiger partial charge < -0.3 is 20.2 Å². The lowest BCUT2D eigenvalue weighted by Gasteiger charge is -2.12. The van der Waals surface area contributed by atoms with E-state index >= 15 is 0 Å². The number of hydrogen-bond acceptors (Lipinski definition) is 7. The molecule has 0 unspecified atom stereocenters. The molecule has 0 atom stereocenters. The Bertz CT molecular complexity index is 624. The van der Waals surface area contributed by atoms with Crippen LogP contribution in [-0.2, 0) is 11.3 Å². The second kappa shape index (κ2) is 7.07. The van der Waals surface area contributed by atoms with Crippen molar-refractivity contribution in [2.75, 3.05) is 25.0 Å². The van der Waals surface area contributed by atoms with Gasteiger partial charge in [0, 0.05) is 18.2 Å². The monoisotopic (exact) mass is 309 g/mol. The molecule has 2 rings (SSSR count). The van der Waals surface area contributed by atoms with E-state index in [1.165, 1.54) is 0 Å². The fourth-order valence-electron chi connectivity index (χ4n) is 1.74. The summed E-state index contributed by atoms with van der Waals surface area (Å²) in [7, 11) is 3.15. The van der Waals surface area contributed by atoms with Crippen molar-refractivity contribution < 1.29 is 9.47 Å². The van der Waals surface area contributed by atoms with E-state index in [-0.39, 0.29) is 6.61 Å². The highest BCUT2D eigenvalue weighted by Gasteiger charge is 2.08. The molecule has 0 saturated carbocycles. The zero-order chi connectivity index (χ0) is 15.2. The number of nitrogens with two attached hydrogens (primary N) is 1. The van der Waals surface area contributed by atoms with Gasteiger partial charge in [0.1, 0.15) is 24.0 Å². The van der Waals surface area contributed by atoms with Crippen molar-refractivity contribution in [2.45, 2.75) is 6.61 Å². The van der Waals surface area contributed by atoms with Crippen molar-refractivity contribution in [1.82, 2.24) is 9.97 Å². The lowest BCUT2D eigenvalue weighted by molar-refractivity contribution is 0.178. The molecule has 0 aliphatic carbocycles. The van der Waals surface area contributed by atoms with E-state index < -0.39 is 0 Å². The Morgan fingerprint density at radius 2 is 1.95 bits per heavy atom. The van der Waals surface area contributed by atoms with Crippen LogP contribution < -0.4 is 21.3 Å². The van der Waals surface area contributed by atoms with Crippen molar-refractivity contribution in [3.05, 3.63) is 35.1 Å². The first-order valence-electron chi connectivity index (χ1n) is 6.10. The molecule has 0 saturated heterocycles. The second-order valence-electron chi connectivity index (χ2n) is 4.10. The number of nitrogen functional groups attached to an aromatic ring is 1. The molecule has 0 aliphatic rings. The zero-order valence-electron chi connectivity index (χ0n) is 11.7. The minimum Gasteiger partial charge on any atom is -0.495 e. The maximum atomic E-state index is 6.00. The average molecular weight is 310 g/mol. The molecular weight excluding hydrogens is 294 g/mol. The standard InChI is InChI=1S/C13H16ClN5O2/c1-20-7-13-17-11(6-12(18-13)19-15)16-9-5-8(14)3-4-10(9)21-2/h3-6H,7,15H2,1-2H3,(H2,16,17,18,19). The minimum atomic E-state index is 0.275. The Kier molecular flexibility index (Phi) is 5.15. The summed E-state index contributed by atoms with van der Waals surface area (Å²) in [5.74, 6) is 7.57. The number of aromatic nitrogens is 2. The first-order valence-corrected chi connectivity index (χ1v) is 6.48. The van der Waals surface area contributed by atoms with E-state index in [2.05, 4.69) is 20.7 Å². The summed E-state index contributed by atoms with van der Waals surface area (Å²) in [6, 6.07) is 6.92. The second-order valence-corrected chi connectivity index (χ2v) is 4.54. The van der Waals surface area contributed by atoms with E-state index in [0.29, 0.717) is 33.9 Å². The molecule has 1 aromatic heterocycles. The van der Waals surface area contributed by atoms with Gasteiger partial charge in [-0.1, -0.05) is 11.6 Å². The molecule has 21 heavy (non-hydrogen) atoms. The number of hydrazine groups is 1. The summed E-state index contributed by atoms with van der Waals surface area (Å²) in [4.78, 5) is 8.50. The normalized spacial score (nSPS) is 10.3. The Morgan fingerprint density at radius 3 is 2.62 bits per heavy atom. The van der Waals surface area contributed by atoms with Gasteiger partial charge in [0.25, 0.3) is 0 Å². The van der Waals surface area contributed by atoms with Gasteiger partial charge in [0.2, 0.25) is 0 Å². The molecule has 1 heterocycles. The Hall–Kier alpha value is -2.09. The zero-order valence-corrected chi connectivity index (χ0v) is 12.4. The maximum Gasteiger partial charge on any atom is 0.158 e. The molecule has 0 aliphatic heterocycles. The quantitative estimate of drug-likeness (QED) is 0.557. The van der Waals surface area contributed by atoms with Crippen LogP contribution in [0, 0.1) is 0 Å². The third-order valence-electron chi connectivity index (χ3n) is 2.62. The summed E-state index contributed by atoms with van der Waals surface area (Å²) < 4.78 is 10.3. The third kappa shape index (κ3) is 3.94. The van der Waals surface area contributed by atoms with Crippen LogP contribution in [0.15, 0.2) is 24.3 Å². The predicted molar refractivity (Wildman–Crippen MR) is 81.8 cm³/mol. The molecule has 112 valence electrons. The van der Waals surface area contributed by atoms with E-state index in [1.807, 2.05) is 0 Å². The number of halogens is 1. The van der Waals surface area contributed by atoms with Crippen molar-refractivity contribution in [2.24, 2.45) is 5.84 Å². The smallest absolute Gasteiger partial charge is 0.158 e. The third-order valence-corrected chi connectivity index (χ3v) is 2.85. The topological polar surface area (TPSA) is 94.3 Å². The highest BCUT2D eigenvalue weighted by atomic mass is 35.5. The molecule has 8 heteroatoms. The number of benzene rings is 1.